The number of hydrogen-bond donors (Lipinski definition) is 1. The molecule has 0 amide bonds. The molecule has 296 valence electrons. The Morgan fingerprint density at radius 3 is 1.73 bits per heavy atom. The van der Waals surface area contributed by atoms with Gasteiger partial charge in [-0.15, -0.1) is 0 Å². The van der Waals surface area contributed by atoms with Gasteiger partial charge in [-0.1, -0.05) is 89.3 Å². The second-order valence-corrected chi connectivity index (χ2v) is 20.3. The Bertz CT molecular complexity index is 1090. The fourth-order valence-corrected chi connectivity index (χ4v) is 14.7. The third kappa shape index (κ3) is 10.1. The molecule has 10 unspecified atom stereocenters. The fraction of sp³-hybridized carbons (Fsp3) is 0.882. The molecule has 0 bridgehead atoms. The van der Waals surface area contributed by atoms with Crippen LogP contribution in [0.2, 0.25) is 0 Å². The highest BCUT2D eigenvalue weighted by atomic mass is 14.9. The fourth-order valence-electron chi connectivity index (χ4n) is 14.7. The maximum Gasteiger partial charge on any atom is 0.00672 e. The van der Waals surface area contributed by atoms with E-state index in [1.54, 1.807) is 6.42 Å². The van der Waals surface area contributed by atoms with E-state index < -0.39 is 0 Å². The van der Waals surface area contributed by atoms with E-state index in [0.29, 0.717) is 0 Å². The lowest BCUT2D eigenvalue weighted by Gasteiger charge is -2.55. The summed E-state index contributed by atoms with van der Waals surface area (Å²) in [5.41, 5.74) is 0. The van der Waals surface area contributed by atoms with Gasteiger partial charge in [-0.05, 0) is 225 Å². The van der Waals surface area contributed by atoms with Crippen molar-refractivity contribution in [2.45, 2.75) is 189 Å². The van der Waals surface area contributed by atoms with Crippen molar-refractivity contribution in [1.29, 1.82) is 0 Å². The van der Waals surface area contributed by atoms with Crippen molar-refractivity contribution < 1.29 is 0 Å². The Balaban J connectivity index is 1.28. The summed E-state index contributed by atoms with van der Waals surface area (Å²) < 4.78 is 0. The summed E-state index contributed by atoms with van der Waals surface area (Å²) in [5, 5.41) is 3.89. The lowest BCUT2D eigenvalue weighted by Crippen LogP contribution is -2.47. The monoisotopic (exact) mass is 714 g/mol. The highest BCUT2D eigenvalue weighted by Crippen LogP contribution is 2.59. The minimum Gasteiger partial charge on any atom is -0.314 e. The van der Waals surface area contributed by atoms with Crippen LogP contribution in [0.4, 0.5) is 0 Å². The molecule has 0 aliphatic heterocycles. The van der Waals surface area contributed by atoms with Crippen LogP contribution < -0.4 is 5.32 Å². The van der Waals surface area contributed by atoms with Crippen molar-refractivity contribution in [2.24, 2.45) is 88.8 Å². The van der Waals surface area contributed by atoms with E-state index in [2.05, 4.69) is 83.3 Å². The average Bonchev–Trinajstić information content (AvgIpc) is 3.18. The molecule has 6 rings (SSSR count). The van der Waals surface area contributed by atoms with Crippen LogP contribution in [0.1, 0.15) is 183 Å². The van der Waals surface area contributed by atoms with Crippen LogP contribution >= 0.6 is 0 Å². The van der Waals surface area contributed by atoms with Crippen LogP contribution in [-0.2, 0) is 0 Å². The molecule has 0 aromatic carbocycles. The highest BCUT2D eigenvalue weighted by Gasteiger charge is 2.51. The van der Waals surface area contributed by atoms with Crippen molar-refractivity contribution >= 4 is 0 Å². The largest absolute Gasteiger partial charge is 0.314 e. The Hall–Kier alpha value is -0.820. The average molecular weight is 714 g/mol. The maximum absolute atomic E-state index is 3.89. The second-order valence-electron chi connectivity index (χ2n) is 20.3. The maximum atomic E-state index is 3.89. The highest BCUT2D eigenvalue weighted by molar-refractivity contribution is 5.07. The van der Waals surface area contributed by atoms with Crippen molar-refractivity contribution in [1.82, 2.24) is 5.32 Å². The van der Waals surface area contributed by atoms with Gasteiger partial charge in [0.15, 0.2) is 0 Å². The number of nitrogens with one attached hydrogen (secondary N) is 1. The first-order valence-corrected chi connectivity index (χ1v) is 24.1. The summed E-state index contributed by atoms with van der Waals surface area (Å²) in [4.78, 5) is 0. The molecule has 1 heteroatoms. The van der Waals surface area contributed by atoms with E-state index in [9.17, 15) is 0 Å². The molecular formula is C51H87N. The third-order valence-electron chi connectivity index (χ3n) is 17.5. The van der Waals surface area contributed by atoms with Gasteiger partial charge in [0, 0.05) is 6.04 Å². The van der Waals surface area contributed by atoms with Crippen LogP contribution in [0.5, 0.6) is 0 Å². The van der Waals surface area contributed by atoms with Gasteiger partial charge in [0.25, 0.3) is 0 Å². The zero-order valence-corrected chi connectivity index (χ0v) is 35.5. The minimum absolute atomic E-state index is 0.789. The van der Waals surface area contributed by atoms with Crippen molar-refractivity contribution in [3.05, 3.63) is 36.5 Å². The summed E-state index contributed by atoms with van der Waals surface area (Å²) in [6, 6.07) is 0.789. The van der Waals surface area contributed by atoms with Crippen LogP contribution in [-0.4, -0.2) is 12.6 Å². The molecule has 6 aliphatic carbocycles. The molecule has 1 N–H and O–H groups in total. The standard InChI is InChI=1S/C51H87N/c1-7-12-38-19-30-46(41-20-15-36(6)16-21-41)50(32-38)51-34-44(14-9-3)49(35-48(51)42-22-17-37(11-5)18-23-42)47-33-43(25-24-40(47)13-8-2)39-26-28-45(29-27-39)52-31-10-4/h7-9,12-14,36-52H,10-11,15-35H2,1-6H3/b12-7+,13-8+,14-9+. The number of hydrogen-bond acceptors (Lipinski definition) is 1. The molecule has 6 fully saturated rings. The summed E-state index contributed by atoms with van der Waals surface area (Å²) >= 11 is 0. The minimum atomic E-state index is 0.789. The normalized spacial score (nSPS) is 45.6. The molecule has 6 aliphatic rings. The van der Waals surface area contributed by atoms with Gasteiger partial charge in [-0.3, -0.25) is 0 Å². The molecule has 0 aromatic heterocycles. The predicted octanol–water partition coefficient (Wildman–Crippen LogP) is 14.6. The summed E-state index contributed by atoms with van der Waals surface area (Å²) in [6.07, 6.45) is 48.2. The first-order chi connectivity index (χ1) is 25.5. The summed E-state index contributed by atoms with van der Waals surface area (Å²) in [6.45, 7) is 15.5. The van der Waals surface area contributed by atoms with E-state index in [0.717, 1.165) is 94.8 Å². The summed E-state index contributed by atoms with van der Waals surface area (Å²) in [5.74, 6) is 14.0. The quantitative estimate of drug-likeness (QED) is 0.199. The molecule has 0 heterocycles. The van der Waals surface area contributed by atoms with Gasteiger partial charge >= 0.3 is 0 Å². The Kier molecular flexibility index (Phi) is 16.0. The molecule has 0 saturated heterocycles. The zero-order valence-electron chi connectivity index (χ0n) is 35.5. The van der Waals surface area contributed by atoms with Crippen LogP contribution in [0.3, 0.4) is 0 Å². The van der Waals surface area contributed by atoms with Crippen LogP contribution in [0.15, 0.2) is 36.5 Å². The van der Waals surface area contributed by atoms with Gasteiger partial charge in [-0.25, -0.2) is 0 Å². The van der Waals surface area contributed by atoms with E-state index in [4.69, 9.17) is 0 Å². The van der Waals surface area contributed by atoms with Gasteiger partial charge in [-0.2, -0.15) is 0 Å². The Morgan fingerprint density at radius 2 is 1.06 bits per heavy atom. The Morgan fingerprint density at radius 1 is 0.462 bits per heavy atom. The lowest BCUT2D eigenvalue weighted by atomic mass is 9.50. The smallest absolute Gasteiger partial charge is 0.00672 e. The molecule has 0 aromatic rings. The molecule has 6 saturated carbocycles. The van der Waals surface area contributed by atoms with Crippen molar-refractivity contribution in [2.75, 3.05) is 6.54 Å². The Labute approximate surface area is 324 Å². The van der Waals surface area contributed by atoms with Gasteiger partial charge < -0.3 is 5.32 Å². The first kappa shape index (κ1) is 40.8. The molecular weight excluding hydrogens is 627 g/mol. The number of rotatable bonds is 12. The van der Waals surface area contributed by atoms with E-state index in [1.165, 1.54) is 141 Å². The van der Waals surface area contributed by atoms with Gasteiger partial charge in [0.2, 0.25) is 0 Å². The van der Waals surface area contributed by atoms with Gasteiger partial charge in [0.05, 0.1) is 0 Å². The third-order valence-corrected chi connectivity index (χ3v) is 17.5. The topological polar surface area (TPSA) is 12.0 Å². The second kappa shape index (κ2) is 20.4. The molecule has 52 heavy (non-hydrogen) atoms. The summed E-state index contributed by atoms with van der Waals surface area (Å²) in [7, 11) is 0. The molecule has 0 spiro atoms. The molecule has 10 atom stereocenters. The first-order valence-electron chi connectivity index (χ1n) is 24.1. The van der Waals surface area contributed by atoms with Gasteiger partial charge in [0.1, 0.15) is 0 Å². The molecule has 0 radical (unpaired) electrons. The zero-order chi connectivity index (χ0) is 36.5. The number of allylic oxidation sites excluding steroid dienone is 6. The van der Waals surface area contributed by atoms with Crippen LogP contribution in [0.25, 0.3) is 0 Å². The SMILES string of the molecule is C/C=C/C1CCC(C2CCC(C)CC2)C(C2CC(/C=C/C)C(C3CC(C4CCC(NCCC)CC4)CCC3/C=C/C)CC2C2CCC(CC)CC2)C1. The van der Waals surface area contributed by atoms with Crippen molar-refractivity contribution in [3.63, 3.8) is 0 Å². The van der Waals surface area contributed by atoms with E-state index >= 15 is 0 Å². The predicted molar refractivity (Wildman–Crippen MR) is 227 cm³/mol. The molecule has 1 nitrogen and oxygen atoms in total. The van der Waals surface area contributed by atoms with Crippen LogP contribution in [0, 0.1) is 88.8 Å². The van der Waals surface area contributed by atoms with E-state index in [1.807, 2.05) is 0 Å². The van der Waals surface area contributed by atoms with E-state index in [-0.39, 0.29) is 0 Å². The lowest BCUT2D eigenvalue weighted by molar-refractivity contribution is -0.0483. The van der Waals surface area contributed by atoms with Crippen molar-refractivity contribution in [3.8, 4) is 0 Å².